The number of rotatable bonds is 7. The zero-order chi connectivity index (χ0) is 17.6. The van der Waals surface area contributed by atoms with Crippen molar-refractivity contribution in [3.8, 4) is 0 Å². The number of carbonyl (C=O) groups excluding carboxylic acids is 2. The summed E-state index contributed by atoms with van der Waals surface area (Å²) in [4.78, 5) is 24.9. The number of amides is 2. The highest BCUT2D eigenvalue weighted by Gasteiger charge is 2.42. The summed E-state index contributed by atoms with van der Waals surface area (Å²) >= 11 is 0. The van der Waals surface area contributed by atoms with E-state index in [1.165, 1.54) is 11.1 Å². The van der Waals surface area contributed by atoms with Gasteiger partial charge in [-0.05, 0) is 43.2 Å². The predicted octanol–water partition coefficient (Wildman–Crippen LogP) is 3.31. The van der Waals surface area contributed by atoms with Crippen LogP contribution >= 0.6 is 0 Å². The summed E-state index contributed by atoms with van der Waals surface area (Å²) in [6.45, 7) is 6.70. The summed E-state index contributed by atoms with van der Waals surface area (Å²) in [6.07, 6.45) is 4.89. The lowest BCUT2D eigenvalue weighted by Crippen LogP contribution is -2.57. The van der Waals surface area contributed by atoms with Gasteiger partial charge in [-0.1, -0.05) is 51.0 Å². The van der Waals surface area contributed by atoms with E-state index in [2.05, 4.69) is 48.7 Å². The Morgan fingerprint density at radius 3 is 2.29 bits per heavy atom. The van der Waals surface area contributed by atoms with Gasteiger partial charge in [0.05, 0.1) is 0 Å². The molecule has 132 valence electrons. The quantitative estimate of drug-likeness (QED) is 0.806. The minimum Gasteiger partial charge on any atom is -0.354 e. The maximum atomic E-state index is 12.5. The van der Waals surface area contributed by atoms with Crippen LogP contribution in [0.3, 0.4) is 0 Å². The second kappa shape index (κ2) is 8.32. The Morgan fingerprint density at radius 2 is 1.75 bits per heavy atom. The monoisotopic (exact) mass is 330 g/mol. The van der Waals surface area contributed by atoms with E-state index in [0.29, 0.717) is 13.0 Å². The molecule has 1 unspecified atom stereocenters. The molecule has 2 N–H and O–H groups in total. The molecule has 0 aliphatic heterocycles. The van der Waals surface area contributed by atoms with Gasteiger partial charge in [-0.25, -0.2) is 0 Å². The number of benzene rings is 1. The number of hydrogen-bond acceptors (Lipinski definition) is 2. The molecular weight excluding hydrogens is 300 g/mol. The molecule has 0 aromatic heterocycles. The van der Waals surface area contributed by atoms with E-state index in [4.69, 9.17) is 0 Å². The molecule has 2 amide bonds. The highest BCUT2D eigenvalue weighted by Crippen LogP contribution is 2.30. The molecule has 4 nitrogen and oxygen atoms in total. The molecule has 0 spiro atoms. The van der Waals surface area contributed by atoms with Crippen molar-refractivity contribution in [1.82, 2.24) is 10.6 Å². The molecule has 0 saturated heterocycles. The van der Waals surface area contributed by atoms with Crippen LogP contribution in [0.25, 0.3) is 0 Å². The molecule has 24 heavy (non-hydrogen) atoms. The molecule has 1 saturated carbocycles. The van der Waals surface area contributed by atoms with E-state index in [1.54, 1.807) is 0 Å². The van der Waals surface area contributed by atoms with Crippen molar-refractivity contribution in [1.29, 1.82) is 0 Å². The molecule has 0 heterocycles. The first kappa shape index (κ1) is 18.5. The minimum atomic E-state index is -0.696. The minimum absolute atomic E-state index is 0.0317. The lowest BCUT2D eigenvalue weighted by molar-refractivity contribution is -0.133. The van der Waals surface area contributed by atoms with Crippen LogP contribution in [0.15, 0.2) is 24.3 Å². The lowest BCUT2D eigenvalue weighted by atomic mass is 9.93. The van der Waals surface area contributed by atoms with E-state index in [-0.39, 0.29) is 17.7 Å². The van der Waals surface area contributed by atoms with Gasteiger partial charge in [0.15, 0.2) is 0 Å². The van der Waals surface area contributed by atoms with Gasteiger partial charge in [0.1, 0.15) is 5.54 Å². The first-order valence-corrected chi connectivity index (χ1v) is 9.19. The van der Waals surface area contributed by atoms with Crippen LogP contribution in [0.5, 0.6) is 0 Å². The van der Waals surface area contributed by atoms with E-state index in [0.717, 1.165) is 32.1 Å². The lowest BCUT2D eigenvalue weighted by Gasteiger charge is -2.29. The van der Waals surface area contributed by atoms with Crippen molar-refractivity contribution >= 4 is 11.8 Å². The van der Waals surface area contributed by atoms with Crippen LogP contribution < -0.4 is 10.6 Å². The molecule has 1 aromatic carbocycles. The molecular formula is C20H30N2O2. The fraction of sp³-hybridized carbons (Fsp3) is 0.600. The fourth-order valence-corrected chi connectivity index (χ4v) is 3.51. The molecule has 1 aliphatic rings. The van der Waals surface area contributed by atoms with E-state index in [1.807, 2.05) is 6.92 Å². The van der Waals surface area contributed by atoms with Crippen LogP contribution in [0.2, 0.25) is 0 Å². The van der Waals surface area contributed by atoms with Crippen molar-refractivity contribution in [3.63, 3.8) is 0 Å². The van der Waals surface area contributed by atoms with Gasteiger partial charge in [0.2, 0.25) is 11.8 Å². The average molecular weight is 330 g/mol. The maximum absolute atomic E-state index is 12.5. The molecule has 1 aromatic rings. The molecule has 0 bridgehead atoms. The smallest absolute Gasteiger partial charge is 0.245 e. The van der Waals surface area contributed by atoms with Crippen LogP contribution in [0.4, 0.5) is 0 Å². The molecule has 0 radical (unpaired) electrons. The number of hydrogen-bond donors (Lipinski definition) is 2. The topological polar surface area (TPSA) is 58.2 Å². The number of likely N-dealkylation sites (N-methyl/N-ethyl adjacent to an activating group) is 1. The second-order valence-electron chi connectivity index (χ2n) is 6.90. The Morgan fingerprint density at radius 1 is 1.12 bits per heavy atom. The fourth-order valence-electron chi connectivity index (χ4n) is 3.51. The highest BCUT2D eigenvalue weighted by atomic mass is 16.2. The normalized spacial score (nSPS) is 17.3. The maximum Gasteiger partial charge on any atom is 0.245 e. The molecule has 4 heteroatoms. The van der Waals surface area contributed by atoms with Gasteiger partial charge >= 0.3 is 0 Å². The van der Waals surface area contributed by atoms with Crippen molar-refractivity contribution in [2.24, 2.45) is 0 Å². The van der Waals surface area contributed by atoms with Gasteiger partial charge in [0.25, 0.3) is 0 Å². The zero-order valence-corrected chi connectivity index (χ0v) is 15.2. The SMILES string of the molecule is CCNC(=O)C1(NC(=O)CC(C)c2ccc(CC)cc2)CCCC1. The molecule has 2 rings (SSSR count). The van der Waals surface area contributed by atoms with Crippen LogP contribution in [-0.2, 0) is 16.0 Å². The standard InChI is InChI=1S/C20H30N2O2/c1-4-16-8-10-17(11-9-16)15(3)14-18(23)22-20(12-6-7-13-20)19(24)21-5-2/h8-11,15H,4-7,12-14H2,1-3H3,(H,21,24)(H,22,23). The molecule has 1 aliphatic carbocycles. The highest BCUT2D eigenvalue weighted by molar-refractivity contribution is 5.91. The first-order chi connectivity index (χ1) is 11.5. The van der Waals surface area contributed by atoms with Gasteiger partial charge in [-0.2, -0.15) is 0 Å². The van der Waals surface area contributed by atoms with Gasteiger partial charge < -0.3 is 10.6 Å². The van der Waals surface area contributed by atoms with Gasteiger partial charge in [-0.3, -0.25) is 9.59 Å². The van der Waals surface area contributed by atoms with Crippen LogP contribution in [0.1, 0.15) is 69.9 Å². The predicted molar refractivity (Wildman–Crippen MR) is 96.9 cm³/mol. The van der Waals surface area contributed by atoms with Crippen molar-refractivity contribution in [2.45, 2.75) is 70.8 Å². The van der Waals surface area contributed by atoms with Crippen molar-refractivity contribution in [3.05, 3.63) is 35.4 Å². The third kappa shape index (κ3) is 4.37. The van der Waals surface area contributed by atoms with Crippen molar-refractivity contribution in [2.75, 3.05) is 6.54 Å². The third-order valence-corrected chi connectivity index (χ3v) is 5.06. The number of carbonyl (C=O) groups is 2. The summed E-state index contributed by atoms with van der Waals surface area (Å²) in [5, 5.41) is 5.93. The zero-order valence-electron chi connectivity index (χ0n) is 15.2. The number of nitrogens with one attached hydrogen (secondary N) is 2. The van der Waals surface area contributed by atoms with E-state index in [9.17, 15) is 9.59 Å². The Balaban J connectivity index is 1.98. The van der Waals surface area contributed by atoms with Crippen molar-refractivity contribution < 1.29 is 9.59 Å². The third-order valence-electron chi connectivity index (χ3n) is 5.06. The van der Waals surface area contributed by atoms with E-state index < -0.39 is 5.54 Å². The second-order valence-corrected chi connectivity index (χ2v) is 6.90. The summed E-state index contributed by atoms with van der Waals surface area (Å²) < 4.78 is 0. The van der Waals surface area contributed by atoms with Crippen LogP contribution in [-0.4, -0.2) is 23.9 Å². The largest absolute Gasteiger partial charge is 0.354 e. The molecule has 1 atom stereocenters. The Bertz CT molecular complexity index is 560. The summed E-state index contributed by atoms with van der Waals surface area (Å²) in [5.41, 5.74) is 1.77. The Hall–Kier alpha value is -1.84. The Kier molecular flexibility index (Phi) is 6.41. The summed E-state index contributed by atoms with van der Waals surface area (Å²) in [5.74, 6) is 0.0784. The number of aryl methyl sites for hydroxylation is 1. The van der Waals surface area contributed by atoms with Gasteiger partial charge in [-0.15, -0.1) is 0 Å². The molecule has 1 fully saturated rings. The average Bonchev–Trinajstić information content (AvgIpc) is 3.04. The summed E-state index contributed by atoms with van der Waals surface area (Å²) in [6, 6.07) is 8.45. The Labute approximate surface area is 145 Å². The van der Waals surface area contributed by atoms with E-state index >= 15 is 0 Å². The summed E-state index contributed by atoms with van der Waals surface area (Å²) in [7, 11) is 0. The first-order valence-electron chi connectivity index (χ1n) is 9.19. The van der Waals surface area contributed by atoms with Crippen LogP contribution in [0, 0.1) is 0 Å². The van der Waals surface area contributed by atoms with Gasteiger partial charge in [0, 0.05) is 13.0 Å².